The van der Waals surface area contributed by atoms with Crippen LogP contribution < -0.4 is 15.7 Å². The number of aliphatic hydroxyl groups is 2. The Morgan fingerprint density at radius 2 is 1.31 bits per heavy atom. The first-order chi connectivity index (χ1) is 13.4. The lowest BCUT2D eigenvalue weighted by Gasteiger charge is -2.56. The zero-order valence-corrected chi connectivity index (χ0v) is 17.9. The fourth-order valence-electron chi connectivity index (χ4n) is 3.38. The van der Waals surface area contributed by atoms with Crippen molar-refractivity contribution in [3.8, 4) is 11.5 Å². The Kier molecular flexibility index (Phi) is 5.65. The molecule has 0 aliphatic carbocycles. The molecule has 0 spiro atoms. The normalized spacial score (nSPS) is 27.0. The van der Waals surface area contributed by atoms with E-state index in [1.165, 1.54) is 7.48 Å². The lowest BCUT2D eigenvalue weighted by molar-refractivity contribution is -0.254. The molecule has 0 saturated carbocycles. The van der Waals surface area contributed by atoms with Gasteiger partial charge in [0.2, 0.25) is 0 Å². The summed E-state index contributed by atoms with van der Waals surface area (Å²) >= 11 is 0. The van der Waals surface area contributed by atoms with Crippen LogP contribution in [0.1, 0.15) is 41.5 Å². The smallest absolute Gasteiger partial charge is 0.331 e. The Morgan fingerprint density at radius 1 is 0.828 bits per heavy atom. The number of hydrogen-bond donors (Lipinski definition) is 2. The molecule has 7 heteroatoms. The SMILES string of the molecule is CC(C)(O)C1(C)O[B]c2cccc(c2)Oc2cccc(c2)[B]OC(C)(C)C1(C)O. The van der Waals surface area contributed by atoms with Gasteiger partial charge in [0.05, 0.1) is 11.2 Å². The molecule has 3 rings (SSSR count). The maximum atomic E-state index is 11.6. The van der Waals surface area contributed by atoms with Crippen LogP contribution in [-0.2, 0) is 9.31 Å². The lowest BCUT2D eigenvalue weighted by atomic mass is 9.65. The van der Waals surface area contributed by atoms with Gasteiger partial charge >= 0.3 is 15.0 Å². The van der Waals surface area contributed by atoms with E-state index in [2.05, 4.69) is 0 Å². The van der Waals surface area contributed by atoms with Gasteiger partial charge in [0.25, 0.3) is 0 Å². The van der Waals surface area contributed by atoms with Crippen LogP contribution in [0.2, 0.25) is 0 Å². The van der Waals surface area contributed by atoms with Crippen LogP contribution in [0.5, 0.6) is 11.5 Å². The minimum atomic E-state index is -1.58. The molecular weight excluding hydrogens is 366 g/mol. The van der Waals surface area contributed by atoms with Crippen LogP contribution >= 0.6 is 0 Å². The molecule has 1 aliphatic rings. The van der Waals surface area contributed by atoms with E-state index >= 15 is 0 Å². The molecule has 0 amide bonds. The highest BCUT2D eigenvalue weighted by atomic mass is 16.5. The van der Waals surface area contributed by atoms with E-state index in [1.54, 1.807) is 49.0 Å². The Bertz CT molecular complexity index is 876. The van der Waals surface area contributed by atoms with E-state index in [1.807, 2.05) is 48.5 Å². The van der Waals surface area contributed by atoms with Gasteiger partial charge in [0, 0.05) is 0 Å². The predicted molar refractivity (Wildman–Crippen MR) is 115 cm³/mol. The summed E-state index contributed by atoms with van der Waals surface area (Å²) in [4.78, 5) is 0. The van der Waals surface area contributed by atoms with Crippen LogP contribution in [0.3, 0.4) is 0 Å². The zero-order chi connectivity index (χ0) is 21.5. The number of rotatable bonds is 1. The molecule has 0 fully saturated rings. The molecule has 2 unspecified atom stereocenters. The van der Waals surface area contributed by atoms with Crippen molar-refractivity contribution in [2.24, 2.45) is 0 Å². The van der Waals surface area contributed by atoms with Crippen molar-refractivity contribution in [2.45, 2.75) is 63.9 Å². The highest BCUT2D eigenvalue weighted by Crippen LogP contribution is 2.43. The summed E-state index contributed by atoms with van der Waals surface area (Å²) in [5.41, 5.74) is -3.94. The van der Waals surface area contributed by atoms with Crippen LogP contribution in [0, 0.1) is 0 Å². The van der Waals surface area contributed by atoms with Gasteiger partial charge in [-0.25, -0.2) is 0 Å². The maximum absolute atomic E-state index is 11.6. The molecule has 5 nitrogen and oxygen atoms in total. The Labute approximate surface area is 174 Å². The third kappa shape index (κ3) is 4.10. The molecule has 2 N–H and O–H groups in total. The van der Waals surface area contributed by atoms with E-state index in [0.29, 0.717) is 11.5 Å². The van der Waals surface area contributed by atoms with Crippen molar-refractivity contribution in [2.75, 3.05) is 0 Å². The summed E-state index contributed by atoms with van der Waals surface area (Å²) in [6.45, 7) is 10.1. The van der Waals surface area contributed by atoms with E-state index in [0.717, 1.165) is 10.9 Å². The molecule has 1 aliphatic heterocycles. The molecule has 29 heavy (non-hydrogen) atoms. The Hall–Kier alpha value is -1.79. The third-order valence-electron chi connectivity index (χ3n) is 6.14. The first-order valence-corrected chi connectivity index (χ1v) is 9.71. The fourth-order valence-corrected chi connectivity index (χ4v) is 3.38. The highest BCUT2D eigenvalue weighted by molar-refractivity contribution is 6.47. The monoisotopic (exact) mass is 394 g/mol. The molecule has 2 aromatic carbocycles. The minimum Gasteiger partial charge on any atom is -0.457 e. The van der Waals surface area contributed by atoms with Gasteiger partial charge in [0.1, 0.15) is 22.7 Å². The first-order valence-electron chi connectivity index (χ1n) is 9.71. The van der Waals surface area contributed by atoms with Gasteiger partial charge in [-0.05, 0) is 76.7 Å². The average Bonchev–Trinajstić information content (AvgIpc) is 2.63. The average molecular weight is 394 g/mol. The van der Waals surface area contributed by atoms with E-state index in [4.69, 9.17) is 14.0 Å². The number of ether oxygens (including phenoxy) is 1. The van der Waals surface area contributed by atoms with Crippen molar-refractivity contribution in [3.05, 3.63) is 48.5 Å². The fraction of sp³-hybridized carbons (Fsp3) is 0.455. The van der Waals surface area contributed by atoms with Crippen molar-refractivity contribution in [1.29, 1.82) is 0 Å². The van der Waals surface area contributed by atoms with E-state index in [-0.39, 0.29) is 0 Å². The predicted octanol–water partition coefficient (Wildman–Crippen LogP) is 2.07. The molecule has 1 heterocycles. The maximum Gasteiger partial charge on any atom is 0.331 e. The molecule has 2 atom stereocenters. The second-order valence-electron chi connectivity index (χ2n) is 8.89. The van der Waals surface area contributed by atoms with Crippen LogP contribution in [-0.4, -0.2) is 47.6 Å². The van der Waals surface area contributed by atoms with Crippen molar-refractivity contribution in [1.82, 2.24) is 0 Å². The summed E-state index contributed by atoms with van der Waals surface area (Å²) < 4.78 is 18.1. The zero-order valence-electron chi connectivity index (χ0n) is 17.9. The number of hydrogen-bond acceptors (Lipinski definition) is 5. The number of benzene rings is 2. The van der Waals surface area contributed by atoms with Gasteiger partial charge in [0.15, 0.2) is 0 Å². The molecule has 0 aromatic heterocycles. The Balaban J connectivity index is 2.11. The van der Waals surface area contributed by atoms with Crippen molar-refractivity contribution < 1.29 is 24.3 Å². The van der Waals surface area contributed by atoms with Crippen LogP contribution in [0.4, 0.5) is 0 Å². The summed E-state index contributed by atoms with van der Waals surface area (Å²) in [6.07, 6.45) is 0. The van der Waals surface area contributed by atoms with Crippen molar-refractivity contribution in [3.63, 3.8) is 0 Å². The molecule has 152 valence electrons. The van der Waals surface area contributed by atoms with Gasteiger partial charge < -0.3 is 24.3 Å². The first kappa shape index (κ1) is 21.9. The summed E-state index contributed by atoms with van der Waals surface area (Å²) in [5.74, 6) is 1.32. The molecule has 4 bridgehead atoms. The standard InChI is InChI=1S/C22H28B2O5/c1-19(2,25)22(6)21(5,26)20(3,4)28-23-15-9-7-11-17(13-15)27-18-12-8-10-16(14-18)24-29-22/h7-14,25-26H,1-6H3. The van der Waals surface area contributed by atoms with Gasteiger partial charge in [-0.3, -0.25) is 0 Å². The molecule has 2 aromatic rings. The molecule has 0 saturated heterocycles. The summed E-state index contributed by atoms with van der Waals surface area (Å²) in [6, 6.07) is 14.9. The lowest BCUT2D eigenvalue weighted by Crippen LogP contribution is -2.72. The summed E-state index contributed by atoms with van der Waals surface area (Å²) in [7, 11) is 3.11. The van der Waals surface area contributed by atoms with Gasteiger partial charge in [-0.1, -0.05) is 24.3 Å². The van der Waals surface area contributed by atoms with E-state index in [9.17, 15) is 10.2 Å². The second kappa shape index (κ2) is 7.47. The van der Waals surface area contributed by atoms with Crippen LogP contribution in [0.25, 0.3) is 0 Å². The van der Waals surface area contributed by atoms with Crippen molar-refractivity contribution >= 4 is 25.9 Å². The minimum absolute atomic E-state index is 0.648. The Morgan fingerprint density at radius 3 is 1.79 bits per heavy atom. The highest BCUT2D eigenvalue weighted by Gasteiger charge is 2.60. The molecular formula is C22H28B2O5. The van der Waals surface area contributed by atoms with E-state index < -0.39 is 22.4 Å². The third-order valence-corrected chi connectivity index (χ3v) is 6.14. The summed E-state index contributed by atoms with van der Waals surface area (Å²) in [5, 5.41) is 22.6. The quantitative estimate of drug-likeness (QED) is 0.726. The van der Waals surface area contributed by atoms with Gasteiger partial charge in [-0.2, -0.15) is 0 Å². The topological polar surface area (TPSA) is 68.2 Å². The van der Waals surface area contributed by atoms with Gasteiger partial charge in [-0.15, -0.1) is 0 Å². The molecule has 2 radical (unpaired) electrons. The largest absolute Gasteiger partial charge is 0.457 e. The van der Waals surface area contributed by atoms with Crippen LogP contribution in [0.15, 0.2) is 48.5 Å². The number of fused-ring (bicyclic) bond motifs is 4. The second-order valence-corrected chi connectivity index (χ2v) is 8.89.